The zero-order chi connectivity index (χ0) is 23.2. The summed E-state index contributed by atoms with van der Waals surface area (Å²) in [6.45, 7) is -0.00264. The second kappa shape index (κ2) is 8.33. The van der Waals surface area contributed by atoms with E-state index in [1.165, 1.54) is 28.0 Å². The number of benzene rings is 2. The lowest BCUT2D eigenvalue weighted by Crippen LogP contribution is -2.43. The third kappa shape index (κ3) is 3.97. The van der Waals surface area contributed by atoms with Crippen LogP contribution >= 0.6 is 0 Å². The molecule has 1 saturated carbocycles. The number of aromatic nitrogens is 1. The topological polar surface area (TPSA) is 56.4 Å². The first kappa shape index (κ1) is 21.9. The van der Waals surface area contributed by atoms with E-state index in [1.807, 2.05) is 0 Å². The molecule has 0 unspecified atom stereocenters. The molecule has 32 heavy (non-hydrogen) atoms. The third-order valence-corrected chi connectivity index (χ3v) is 6.14. The van der Waals surface area contributed by atoms with E-state index in [-0.39, 0.29) is 35.7 Å². The summed E-state index contributed by atoms with van der Waals surface area (Å²) in [5, 5.41) is 0.425. The van der Waals surface area contributed by atoms with Crippen LogP contribution in [0.15, 0.2) is 36.4 Å². The molecule has 168 valence electrons. The SMILES string of the molecule is CN(C)C(=O)CN(C)C(=O)[C@H]1C[C@H](c2c(-c3ccc(F)cc3)[nH]c3c(F)cc(F)cc32)C1. The molecular weight excluding hydrogens is 419 g/mol. The number of likely N-dealkylation sites (N-methyl/N-ethyl adjacent to an activating group) is 2. The van der Waals surface area contributed by atoms with Crippen LogP contribution < -0.4 is 0 Å². The van der Waals surface area contributed by atoms with Gasteiger partial charge in [-0.2, -0.15) is 0 Å². The molecule has 0 radical (unpaired) electrons. The van der Waals surface area contributed by atoms with Crippen LogP contribution in [-0.2, 0) is 9.59 Å². The lowest BCUT2D eigenvalue weighted by Gasteiger charge is -2.37. The Morgan fingerprint density at radius 2 is 1.66 bits per heavy atom. The van der Waals surface area contributed by atoms with Crippen molar-refractivity contribution in [1.82, 2.24) is 14.8 Å². The number of aromatic amines is 1. The normalized spacial score (nSPS) is 17.8. The van der Waals surface area contributed by atoms with Crippen molar-refractivity contribution in [2.24, 2.45) is 5.92 Å². The maximum atomic E-state index is 14.5. The number of carbonyl (C=O) groups is 2. The maximum absolute atomic E-state index is 14.5. The van der Waals surface area contributed by atoms with Gasteiger partial charge in [-0.15, -0.1) is 0 Å². The quantitative estimate of drug-likeness (QED) is 0.640. The van der Waals surface area contributed by atoms with Crippen LogP contribution in [0.2, 0.25) is 0 Å². The largest absolute Gasteiger partial charge is 0.352 e. The van der Waals surface area contributed by atoms with E-state index in [4.69, 9.17) is 0 Å². The van der Waals surface area contributed by atoms with Gasteiger partial charge in [0.2, 0.25) is 11.8 Å². The van der Waals surface area contributed by atoms with Crippen molar-refractivity contribution in [2.75, 3.05) is 27.7 Å². The number of fused-ring (bicyclic) bond motifs is 1. The van der Waals surface area contributed by atoms with Gasteiger partial charge >= 0.3 is 0 Å². The third-order valence-electron chi connectivity index (χ3n) is 6.14. The Labute approximate surface area is 183 Å². The molecule has 4 rings (SSSR count). The smallest absolute Gasteiger partial charge is 0.241 e. The van der Waals surface area contributed by atoms with Crippen molar-refractivity contribution in [3.63, 3.8) is 0 Å². The Hall–Kier alpha value is -3.29. The Morgan fingerprint density at radius 1 is 1.00 bits per heavy atom. The molecule has 0 atom stereocenters. The minimum absolute atomic E-state index is 0.00264. The van der Waals surface area contributed by atoms with Gasteiger partial charge in [-0.25, -0.2) is 13.2 Å². The summed E-state index contributed by atoms with van der Waals surface area (Å²) in [5.74, 6) is -2.46. The molecule has 2 amide bonds. The summed E-state index contributed by atoms with van der Waals surface area (Å²) >= 11 is 0. The van der Waals surface area contributed by atoms with Gasteiger partial charge in [-0.05, 0) is 60.2 Å². The van der Waals surface area contributed by atoms with Crippen molar-refractivity contribution in [2.45, 2.75) is 18.8 Å². The average Bonchev–Trinajstić information content (AvgIpc) is 3.06. The van der Waals surface area contributed by atoms with Gasteiger partial charge in [0.05, 0.1) is 17.8 Å². The highest BCUT2D eigenvalue weighted by molar-refractivity contribution is 5.93. The highest BCUT2D eigenvalue weighted by atomic mass is 19.1. The van der Waals surface area contributed by atoms with Gasteiger partial charge < -0.3 is 14.8 Å². The number of nitrogens with zero attached hydrogens (tertiary/aromatic N) is 2. The summed E-state index contributed by atoms with van der Waals surface area (Å²) in [5.41, 5.74) is 2.16. The van der Waals surface area contributed by atoms with Crippen molar-refractivity contribution in [3.8, 4) is 11.3 Å². The van der Waals surface area contributed by atoms with Crippen molar-refractivity contribution >= 4 is 22.7 Å². The molecule has 1 heterocycles. The molecular formula is C24H24F3N3O2. The lowest BCUT2D eigenvalue weighted by atomic mass is 9.69. The van der Waals surface area contributed by atoms with E-state index in [0.717, 1.165) is 11.6 Å². The Kier molecular flexibility index (Phi) is 5.71. The van der Waals surface area contributed by atoms with E-state index in [0.29, 0.717) is 29.5 Å². The van der Waals surface area contributed by atoms with Gasteiger partial charge in [-0.1, -0.05) is 0 Å². The molecule has 0 saturated heterocycles. The highest BCUT2D eigenvalue weighted by Crippen LogP contribution is 2.48. The second-order valence-corrected chi connectivity index (χ2v) is 8.58. The second-order valence-electron chi connectivity index (χ2n) is 8.58. The highest BCUT2D eigenvalue weighted by Gasteiger charge is 2.39. The van der Waals surface area contributed by atoms with Crippen LogP contribution in [0.1, 0.15) is 24.3 Å². The number of nitrogens with one attached hydrogen (secondary N) is 1. The number of carbonyl (C=O) groups excluding carboxylic acids is 2. The molecule has 8 heteroatoms. The monoisotopic (exact) mass is 443 g/mol. The molecule has 1 aliphatic carbocycles. The first-order valence-corrected chi connectivity index (χ1v) is 10.4. The number of halogens is 3. The fraction of sp³-hybridized carbons (Fsp3) is 0.333. The van der Waals surface area contributed by atoms with Gasteiger partial charge in [0.15, 0.2) is 0 Å². The van der Waals surface area contributed by atoms with E-state index in [1.54, 1.807) is 33.3 Å². The molecule has 2 aromatic carbocycles. The van der Waals surface area contributed by atoms with Crippen LogP contribution in [0.25, 0.3) is 22.2 Å². The van der Waals surface area contributed by atoms with Crippen LogP contribution in [0.5, 0.6) is 0 Å². The fourth-order valence-corrected chi connectivity index (χ4v) is 4.30. The first-order chi connectivity index (χ1) is 15.2. The number of rotatable bonds is 5. The van der Waals surface area contributed by atoms with Crippen molar-refractivity contribution in [3.05, 3.63) is 59.4 Å². The summed E-state index contributed by atoms with van der Waals surface area (Å²) in [6.07, 6.45) is 0.997. The molecule has 0 spiro atoms. The van der Waals surface area contributed by atoms with Crippen LogP contribution in [-0.4, -0.2) is 54.3 Å². The average molecular weight is 443 g/mol. The Morgan fingerprint density at radius 3 is 2.28 bits per heavy atom. The van der Waals surface area contributed by atoms with Gasteiger partial charge in [0.1, 0.15) is 17.5 Å². The van der Waals surface area contributed by atoms with Gasteiger partial charge in [0, 0.05) is 38.5 Å². The molecule has 3 aromatic rings. The zero-order valence-electron chi connectivity index (χ0n) is 18.1. The standard InChI is InChI=1S/C24H24F3N3O2/c1-29(2)20(31)12-30(3)24(32)15-8-14(9-15)21-18-10-17(26)11-19(27)23(18)28-22(21)13-4-6-16(25)7-5-13/h4-7,10-11,14-15,28H,8-9,12H2,1-3H3/t14-,15-. The van der Waals surface area contributed by atoms with Gasteiger partial charge in [0.25, 0.3) is 0 Å². The number of amides is 2. The number of hydrogen-bond acceptors (Lipinski definition) is 2. The molecule has 5 nitrogen and oxygen atoms in total. The van der Waals surface area contributed by atoms with Crippen LogP contribution in [0, 0.1) is 23.4 Å². The fourth-order valence-electron chi connectivity index (χ4n) is 4.30. The molecule has 1 N–H and O–H groups in total. The predicted octanol–water partition coefficient (Wildman–Crippen LogP) is 4.29. The maximum Gasteiger partial charge on any atom is 0.241 e. The van der Waals surface area contributed by atoms with Crippen molar-refractivity contribution < 1.29 is 22.8 Å². The number of hydrogen-bond donors (Lipinski definition) is 1. The van der Waals surface area contributed by atoms with Crippen LogP contribution in [0.3, 0.4) is 0 Å². The van der Waals surface area contributed by atoms with E-state index < -0.39 is 17.5 Å². The summed E-state index contributed by atoms with van der Waals surface area (Å²) in [4.78, 5) is 30.5. The summed E-state index contributed by atoms with van der Waals surface area (Å²) in [6, 6.07) is 7.89. The van der Waals surface area contributed by atoms with Crippen molar-refractivity contribution in [1.29, 1.82) is 0 Å². The Balaban J connectivity index is 1.63. The zero-order valence-corrected chi connectivity index (χ0v) is 18.1. The summed E-state index contributed by atoms with van der Waals surface area (Å²) in [7, 11) is 4.86. The summed E-state index contributed by atoms with van der Waals surface area (Å²) < 4.78 is 41.9. The number of H-pyrrole nitrogens is 1. The molecule has 0 aliphatic heterocycles. The first-order valence-electron chi connectivity index (χ1n) is 10.4. The predicted molar refractivity (Wildman–Crippen MR) is 115 cm³/mol. The Bertz CT molecular complexity index is 1180. The lowest BCUT2D eigenvalue weighted by molar-refractivity contribution is -0.142. The minimum Gasteiger partial charge on any atom is -0.352 e. The molecule has 1 aliphatic rings. The van der Waals surface area contributed by atoms with E-state index in [2.05, 4.69) is 4.98 Å². The molecule has 0 bridgehead atoms. The van der Waals surface area contributed by atoms with E-state index in [9.17, 15) is 22.8 Å². The molecule has 1 aromatic heterocycles. The van der Waals surface area contributed by atoms with Crippen LogP contribution in [0.4, 0.5) is 13.2 Å². The van der Waals surface area contributed by atoms with E-state index >= 15 is 0 Å². The van der Waals surface area contributed by atoms with Gasteiger partial charge in [-0.3, -0.25) is 9.59 Å². The minimum atomic E-state index is -0.705. The molecule has 1 fully saturated rings.